The largest absolute Gasteiger partial charge is 0.497 e. The first-order valence-corrected chi connectivity index (χ1v) is 10.2. The van der Waals surface area contributed by atoms with E-state index in [9.17, 15) is 9.59 Å². The number of amides is 2. The van der Waals surface area contributed by atoms with Gasteiger partial charge in [-0.2, -0.15) is 0 Å². The highest BCUT2D eigenvalue weighted by molar-refractivity contribution is 7.15. The van der Waals surface area contributed by atoms with Gasteiger partial charge < -0.3 is 15.4 Å². The molecule has 0 saturated carbocycles. The number of likely N-dealkylation sites (tertiary alicyclic amines) is 1. The number of methoxy groups -OCH3 is 1. The minimum Gasteiger partial charge on any atom is -0.497 e. The van der Waals surface area contributed by atoms with Crippen LogP contribution in [0.4, 0.5) is 10.8 Å². The highest BCUT2D eigenvalue weighted by Crippen LogP contribution is 2.22. The molecule has 1 fully saturated rings. The van der Waals surface area contributed by atoms with Crippen LogP contribution in [0.25, 0.3) is 0 Å². The quantitative estimate of drug-likeness (QED) is 0.776. The summed E-state index contributed by atoms with van der Waals surface area (Å²) in [6.07, 6.45) is 1.72. The number of nitrogens with one attached hydrogen (secondary N) is 2. The van der Waals surface area contributed by atoms with E-state index in [2.05, 4.69) is 15.6 Å². The van der Waals surface area contributed by atoms with Crippen LogP contribution in [0.2, 0.25) is 0 Å². The zero-order valence-corrected chi connectivity index (χ0v) is 17.3. The molecule has 8 heteroatoms. The van der Waals surface area contributed by atoms with Crippen molar-refractivity contribution in [2.24, 2.45) is 5.92 Å². The topological polar surface area (TPSA) is 83.6 Å². The third kappa shape index (κ3) is 5.30. The Morgan fingerprint density at radius 1 is 1.25 bits per heavy atom. The van der Waals surface area contributed by atoms with Crippen LogP contribution in [-0.4, -0.2) is 48.4 Å². The van der Waals surface area contributed by atoms with Crippen molar-refractivity contribution in [1.82, 2.24) is 9.88 Å². The van der Waals surface area contributed by atoms with Gasteiger partial charge in [0.15, 0.2) is 5.13 Å². The van der Waals surface area contributed by atoms with Crippen molar-refractivity contribution >= 4 is 34.0 Å². The highest BCUT2D eigenvalue weighted by atomic mass is 32.1. The molecule has 150 valence electrons. The number of anilines is 2. The number of ether oxygens (including phenoxy) is 1. The summed E-state index contributed by atoms with van der Waals surface area (Å²) in [6, 6.07) is 7.27. The number of hydrogen-bond donors (Lipinski definition) is 2. The molecule has 1 aromatic heterocycles. The van der Waals surface area contributed by atoms with Crippen molar-refractivity contribution in [1.29, 1.82) is 0 Å². The van der Waals surface area contributed by atoms with Gasteiger partial charge in [0.25, 0.3) is 0 Å². The van der Waals surface area contributed by atoms with Crippen LogP contribution in [0, 0.1) is 19.8 Å². The first kappa shape index (κ1) is 20.3. The van der Waals surface area contributed by atoms with Crippen molar-refractivity contribution in [2.75, 3.05) is 37.4 Å². The molecule has 1 aliphatic rings. The lowest BCUT2D eigenvalue weighted by Crippen LogP contribution is -2.43. The molecule has 28 heavy (non-hydrogen) atoms. The molecule has 0 spiro atoms. The molecule has 0 radical (unpaired) electrons. The Morgan fingerprint density at radius 2 is 2.00 bits per heavy atom. The molecule has 2 N–H and O–H groups in total. The third-order valence-corrected chi connectivity index (χ3v) is 5.86. The number of rotatable bonds is 6. The summed E-state index contributed by atoms with van der Waals surface area (Å²) in [4.78, 5) is 32.4. The molecule has 1 aliphatic heterocycles. The number of aromatic nitrogens is 1. The normalized spacial score (nSPS) is 17.2. The van der Waals surface area contributed by atoms with Crippen LogP contribution in [0.15, 0.2) is 24.3 Å². The summed E-state index contributed by atoms with van der Waals surface area (Å²) in [5.74, 6) is 0.512. The minimum atomic E-state index is -0.131. The summed E-state index contributed by atoms with van der Waals surface area (Å²) in [7, 11) is 1.61. The second-order valence-electron chi connectivity index (χ2n) is 7.00. The van der Waals surface area contributed by atoms with Crippen LogP contribution < -0.4 is 15.4 Å². The van der Waals surface area contributed by atoms with Gasteiger partial charge in [0.2, 0.25) is 11.8 Å². The van der Waals surface area contributed by atoms with Gasteiger partial charge in [-0.15, -0.1) is 11.3 Å². The summed E-state index contributed by atoms with van der Waals surface area (Å²) in [5, 5.41) is 6.45. The van der Waals surface area contributed by atoms with Gasteiger partial charge in [-0.05, 0) is 57.5 Å². The number of nitrogens with zero attached hydrogens (tertiary/aromatic N) is 2. The Balaban J connectivity index is 1.51. The zero-order chi connectivity index (χ0) is 20.1. The molecule has 0 aliphatic carbocycles. The smallest absolute Gasteiger partial charge is 0.240 e. The molecule has 7 nitrogen and oxygen atoms in total. The molecule has 3 rings (SSSR count). The summed E-state index contributed by atoms with van der Waals surface area (Å²) in [6.45, 7) is 5.57. The fourth-order valence-corrected chi connectivity index (χ4v) is 4.05. The van der Waals surface area contributed by atoms with Gasteiger partial charge in [-0.25, -0.2) is 4.98 Å². The summed E-state index contributed by atoms with van der Waals surface area (Å²) in [5.41, 5.74) is 1.68. The Hall–Kier alpha value is -2.45. The molecule has 1 aromatic carbocycles. The molecule has 1 saturated heterocycles. The molecule has 1 unspecified atom stereocenters. The van der Waals surface area contributed by atoms with Crippen molar-refractivity contribution < 1.29 is 14.3 Å². The Bertz CT molecular complexity index is 815. The number of hydrogen-bond acceptors (Lipinski definition) is 6. The highest BCUT2D eigenvalue weighted by Gasteiger charge is 2.27. The fraction of sp³-hybridized carbons (Fsp3) is 0.450. The summed E-state index contributed by atoms with van der Waals surface area (Å²) >= 11 is 1.48. The number of piperidine rings is 1. The maximum atomic E-state index is 12.6. The number of carbonyl (C=O) groups is 2. The Morgan fingerprint density at radius 3 is 2.64 bits per heavy atom. The standard InChI is InChI=1S/C20H26N4O3S/c1-13-14(2)28-20(21-13)23-18(25)12-24-10-4-5-15(11-24)19(26)22-16-6-8-17(27-3)9-7-16/h6-9,15H,4-5,10-12H2,1-3H3,(H,22,26)(H,21,23,25). The lowest BCUT2D eigenvalue weighted by Gasteiger charge is -2.31. The van der Waals surface area contributed by atoms with Gasteiger partial charge >= 0.3 is 0 Å². The average molecular weight is 403 g/mol. The molecular formula is C20H26N4O3S. The average Bonchev–Trinajstić information content (AvgIpc) is 2.99. The van der Waals surface area contributed by atoms with E-state index in [1.54, 1.807) is 7.11 Å². The molecular weight excluding hydrogens is 376 g/mol. The van der Waals surface area contributed by atoms with Crippen LogP contribution >= 0.6 is 11.3 Å². The van der Waals surface area contributed by atoms with E-state index < -0.39 is 0 Å². The first-order valence-electron chi connectivity index (χ1n) is 9.35. The van der Waals surface area contributed by atoms with Gasteiger partial charge in [-0.3, -0.25) is 14.5 Å². The van der Waals surface area contributed by atoms with Crippen LogP contribution in [0.3, 0.4) is 0 Å². The van der Waals surface area contributed by atoms with E-state index in [0.717, 1.165) is 41.4 Å². The number of aryl methyl sites for hydroxylation is 2. The lowest BCUT2D eigenvalue weighted by molar-refractivity contribution is -0.123. The van der Waals surface area contributed by atoms with Gasteiger partial charge in [0.05, 0.1) is 25.3 Å². The van der Waals surface area contributed by atoms with E-state index in [1.165, 1.54) is 11.3 Å². The molecule has 2 heterocycles. The van der Waals surface area contributed by atoms with E-state index >= 15 is 0 Å². The van der Waals surface area contributed by atoms with Crippen molar-refractivity contribution in [3.8, 4) is 5.75 Å². The second kappa shape index (κ2) is 9.16. The van der Waals surface area contributed by atoms with E-state index in [4.69, 9.17) is 4.74 Å². The van der Waals surface area contributed by atoms with Gasteiger partial charge in [0.1, 0.15) is 5.75 Å². The maximum absolute atomic E-state index is 12.6. The second-order valence-corrected chi connectivity index (χ2v) is 8.20. The van der Waals surface area contributed by atoms with E-state index in [-0.39, 0.29) is 24.3 Å². The monoisotopic (exact) mass is 402 g/mol. The van der Waals surface area contributed by atoms with Crippen molar-refractivity contribution in [3.05, 3.63) is 34.8 Å². The molecule has 2 amide bonds. The molecule has 0 bridgehead atoms. The maximum Gasteiger partial charge on any atom is 0.240 e. The fourth-order valence-electron chi connectivity index (χ4n) is 3.22. The van der Waals surface area contributed by atoms with E-state index in [0.29, 0.717) is 11.7 Å². The predicted octanol–water partition coefficient (Wildman–Crippen LogP) is 3.06. The predicted molar refractivity (Wildman–Crippen MR) is 111 cm³/mol. The third-order valence-electron chi connectivity index (χ3n) is 4.88. The van der Waals surface area contributed by atoms with Gasteiger partial charge in [0, 0.05) is 17.1 Å². The van der Waals surface area contributed by atoms with Crippen LogP contribution in [-0.2, 0) is 9.59 Å². The number of benzene rings is 1. The van der Waals surface area contributed by atoms with Crippen molar-refractivity contribution in [3.63, 3.8) is 0 Å². The Kier molecular flexibility index (Phi) is 6.64. The molecule has 2 aromatic rings. The number of carbonyl (C=O) groups excluding carboxylic acids is 2. The summed E-state index contributed by atoms with van der Waals surface area (Å²) < 4.78 is 5.13. The first-order chi connectivity index (χ1) is 13.4. The SMILES string of the molecule is COc1ccc(NC(=O)C2CCCN(CC(=O)Nc3nc(C)c(C)s3)C2)cc1. The minimum absolute atomic E-state index is 0.0125. The van der Waals surface area contributed by atoms with E-state index in [1.807, 2.05) is 43.0 Å². The van der Waals surface area contributed by atoms with Crippen molar-refractivity contribution in [2.45, 2.75) is 26.7 Å². The van der Waals surface area contributed by atoms with Gasteiger partial charge in [-0.1, -0.05) is 0 Å². The Labute approximate surface area is 169 Å². The van der Waals surface area contributed by atoms with Crippen LogP contribution in [0.1, 0.15) is 23.4 Å². The number of thiazole rings is 1. The lowest BCUT2D eigenvalue weighted by atomic mass is 9.97. The zero-order valence-electron chi connectivity index (χ0n) is 16.4. The molecule has 1 atom stereocenters. The van der Waals surface area contributed by atoms with Crippen LogP contribution in [0.5, 0.6) is 5.75 Å².